The van der Waals surface area contributed by atoms with Crippen molar-refractivity contribution in [1.82, 2.24) is 25.3 Å². The van der Waals surface area contributed by atoms with Gasteiger partial charge in [0.05, 0.1) is 12.6 Å². The van der Waals surface area contributed by atoms with Gasteiger partial charge in [-0.1, -0.05) is 19.3 Å². The molecule has 2 aliphatic heterocycles. The maximum atomic E-state index is 12.7. The Bertz CT molecular complexity index is 704. The standard InChI is InChI=1S/C19H29N5O3/c25-14-11-20-18(27)16-10-15(22-24(16)12-14)17(26)21-13-19(6-2-1-3-7-19)23-8-4-5-9-23/h10,14,25H,1-9,11-13H2,(H,20,27)(H,21,26). The first kappa shape index (κ1) is 18.4. The first-order valence-electron chi connectivity index (χ1n) is 10.1. The minimum atomic E-state index is -0.702. The van der Waals surface area contributed by atoms with Crippen LogP contribution in [0.3, 0.4) is 0 Å². The van der Waals surface area contributed by atoms with Crippen molar-refractivity contribution in [2.45, 2.75) is 63.1 Å². The molecule has 1 saturated heterocycles. The van der Waals surface area contributed by atoms with Gasteiger partial charge < -0.3 is 15.7 Å². The van der Waals surface area contributed by atoms with Crippen molar-refractivity contribution in [3.05, 3.63) is 17.5 Å². The van der Waals surface area contributed by atoms with Gasteiger partial charge in [-0.05, 0) is 38.8 Å². The predicted octanol–water partition coefficient (Wildman–Crippen LogP) is 0.516. The molecule has 0 bridgehead atoms. The number of nitrogens with one attached hydrogen (secondary N) is 2. The Morgan fingerprint density at radius 3 is 2.74 bits per heavy atom. The van der Waals surface area contributed by atoms with E-state index in [9.17, 15) is 14.7 Å². The number of hydrogen-bond acceptors (Lipinski definition) is 5. The van der Waals surface area contributed by atoms with E-state index in [1.165, 1.54) is 42.9 Å². The second-order valence-electron chi connectivity index (χ2n) is 8.12. The summed E-state index contributed by atoms with van der Waals surface area (Å²) in [4.78, 5) is 27.4. The van der Waals surface area contributed by atoms with Crippen LogP contribution in [0.2, 0.25) is 0 Å². The minimum Gasteiger partial charge on any atom is -0.389 e. The molecule has 2 amide bonds. The van der Waals surface area contributed by atoms with E-state index in [4.69, 9.17) is 0 Å². The van der Waals surface area contributed by atoms with Crippen LogP contribution in [-0.4, -0.2) is 69.4 Å². The summed E-state index contributed by atoms with van der Waals surface area (Å²) in [5.74, 6) is -0.555. The number of aliphatic hydroxyl groups excluding tert-OH is 1. The van der Waals surface area contributed by atoms with Gasteiger partial charge in [0.2, 0.25) is 0 Å². The highest BCUT2D eigenvalue weighted by molar-refractivity contribution is 5.98. The van der Waals surface area contributed by atoms with E-state index in [-0.39, 0.29) is 36.1 Å². The molecule has 0 radical (unpaired) electrons. The monoisotopic (exact) mass is 375 g/mol. The Hall–Kier alpha value is -1.93. The summed E-state index contributed by atoms with van der Waals surface area (Å²) in [6.45, 7) is 3.27. The Morgan fingerprint density at radius 2 is 2.00 bits per heavy atom. The average Bonchev–Trinajstić information content (AvgIpc) is 3.33. The third-order valence-electron chi connectivity index (χ3n) is 6.27. The van der Waals surface area contributed by atoms with E-state index in [0.29, 0.717) is 12.2 Å². The number of nitrogens with zero attached hydrogens (tertiary/aromatic N) is 3. The Kier molecular flexibility index (Phi) is 5.19. The van der Waals surface area contributed by atoms with Crippen molar-refractivity contribution in [3.63, 3.8) is 0 Å². The molecule has 1 aromatic heterocycles. The first-order valence-corrected chi connectivity index (χ1v) is 10.1. The van der Waals surface area contributed by atoms with Gasteiger partial charge in [-0.25, -0.2) is 0 Å². The van der Waals surface area contributed by atoms with E-state index in [2.05, 4.69) is 20.6 Å². The molecular formula is C19H29N5O3. The number of amides is 2. The third kappa shape index (κ3) is 3.73. The van der Waals surface area contributed by atoms with Gasteiger partial charge in [0, 0.05) is 24.7 Å². The molecule has 1 atom stereocenters. The molecule has 8 heteroatoms. The third-order valence-corrected chi connectivity index (χ3v) is 6.27. The number of carbonyl (C=O) groups is 2. The molecule has 3 N–H and O–H groups in total. The van der Waals surface area contributed by atoms with Crippen LogP contribution in [0.4, 0.5) is 0 Å². The van der Waals surface area contributed by atoms with Crippen molar-refractivity contribution in [3.8, 4) is 0 Å². The van der Waals surface area contributed by atoms with Crippen LogP contribution in [0.1, 0.15) is 65.9 Å². The number of likely N-dealkylation sites (tertiary alicyclic amines) is 1. The fourth-order valence-corrected chi connectivity index (χ4v) is 4.76. The number of fused-ring (bicyclic) bond motifs is 1. The van der Waals surface area contributed by atoms with Gasteiger partial charge in [0.1, 0.15) is 5.69 Å². The normalized spacial score (nSPS) is 25.5. The molecule has 27 heavy (non-hydrogen) atoms. The molecule has 3 aliphatic rings. The molecule has 2 fully saturated rings. The molecule has 1 saturated carbocycles. The molecule has 1 unspecified atom stereocenters. The number of aromatic nitrogens is 2. The van der Waals surface area contributed by atoms with Gasteiger partial charge in [-0.3, -0.25) is 19.2 Å². The zero-order valence-electron chi connectivity index (χ0n) is 15.7. The second-order valence-corrected chi connectivity index (χ2v) is 8.12. The maximum Gasteiger partial charge on any atom is 0.271 e. The van der Waals surface area contributed by atoms with Crippen molar-refractivity contribution in [2.75, 3.05) is 26.2 Å². The molecule has 4 rings (SSSR count). The SMILES string of the molecule is O=C(NCC1(N2CCCC2)CCCCC1)c1cc2n(n1)CC(O)CNC2=O. The fraction of sp³-hybridized carbons (Fsp3) is 0.737. The first-order chi connectivity index (χ1) is 13.1. The van der Waals surface area contributed by atoms with Crippen LogP contribution < -0.4 is 10.6 Å². The highest BCUT2D eigenvalue weighted by atomic mass is 16.3. The lowest BCUT2D eigenvalue weighted by atomic mass is 9.80. The molecule has 1 aromatic rings. The van der Waals surface area contributed by atoms with Gasteiger partial charge in [-0.2, -0.15) is 5.10 Å². The number of carbonyl (C=O) groups excluding carboxylic acids is 2. The topological polar surface area (TPSA) is 99.5 Å². The minimum absolute atomic E-state index is 0.0643. The van der Waals surface area contributed by atoms with Crippen LogP contribution in [0.5, 0.6) is 0 Å². The summed E-state index contributed by atoms with van der Waals surface area (Å²) in [5.41, 5.74) is 0.625. The maximum absolute atomic E-state index is 12.7. The lowest BCUT2D eigenvalue weighted by molar-refractivity contribution is 0.0650. The van der Waals surface area contributed by atoms with E-state index in [0.717, 1.165) is 25.9 Å². The van der Waals surface area contributed by atoms with Crippen LogP contribution in [0.15, 0.2) is 6.07 Å². The van der Waals surface area contributed by atoms with E-state index >= 15 is 0 Å². The Morgan fingerprint density at radius 1 is 1.26 bits per heavy atom. The summed E-state index contributed by atoms with van der Waals surface area (Å²) in [5, 5.41) is 19.8. The largest absolute Gasteiger partial charge is 0.389 e. The van der Waals surface area contributed by atoms with E-state index in [1.807, 2.05) is 0 Å². The Balaban J connectivity index is 1.46. The molecule has 0 spiro atoms. The predicted molar refractivity (Wildman–Crippen MR) is 99.5 cm³/mol. The number of β-amino-alcohol motifs (C(OH)–C–C–N with tert-alkyl or cyclic N) is 1. The molecule has 148 valence electrons. The lowest BCUT2D eigenvalue weighted by Gasteiger charge is -2.45. The smallest absolute Gasteiger partial charge is 0.271 e. The fourth-order valence-electron chi connectivity index (χ4n) is 4.76. The van der Waals surface area contributed by atoms with Gasteiger partial charge in [0.15, 0.2) is 5.69 Å². The summed E-state index contributed by atoms with van der Waals surface area (Å²) >= 11 is 0. The quantitative estimate of drug-likeness (QED) is 0.712. The van der Waals surface area contributed by atoms with Crippen LogP contribution in [-0.2, 0) is 6.54 Å². The molecular weight excluding hydrogens is 346 g/mol. The van der Waals surface area contributed by atoms with Crippen LogP contribution in [0, 0.1) is 0 Å². The summed E-state index contributed by atoms with van der Waals surface area (Å²) in [6.07, 6.45) is 7.72. The zero-order chi connectivity index (χ0) is 18.9. The number of rotatable bonds is 4. The van der Waals surface area contributed by atoms with Gasteiger partial charge in [-0.15, -0.1) is 0 Å². The number of hydrogen-bond donors (Lipinski definition) is 3. The average molecular weight is 375 g/mol. The highest BCUT2D eigenvalue weighted by Crippen LogP contribution is 2.35. The second kappa shape index (κ2) is 7.59. The Labute approximate surface area is 159 Å². The van der Waals surface area contributed by atoms with Gasteiger partial charge in [0.25, 0.3) is 11.8 Å². The van der Waals surface area contributed by atoms with E-state index in [1.54, 1.807) is 0 Å². The zero-order valence-corrected chi connectivity index (χ0v) is 15.7. The highest BCUT2D eigenvalue weighted by Gasteiger charge is 2.39. The van der Waals surface area contributed by atoms with Crippen molar-refractivity contribution in [1.29, 1.82) is 0 Å². The van der Waals surface area contributed by atoms with Crippen LogP contribution in [0.25, 0.3) is 0 Å². The summed E-state index contributed by atoms with van der Waals surface area (Å²) in [6, 6.07) is 1.52. The summed E-state index contributed by atoms with van der Waals surface area (Å²) in [7, 11) is 0. The molecule has 8 nitrogen and oxygen atoms in total. The van der Waals surface area contributed by atoms with Gasteiger partial charge >= 0.3 is 0 Å². The number of aliphatic hydroxyl groups is 1. The van der Waals surface area contributed by atoms with Crippen LogP contribution >= 0.6 is 0 Å². The molecule has 0 aromatic carbocycles. The lowest BCUT2D eigenvalue weighted by Crippen LogP contribution is -2.55. The van der Waals surface area contributed by atoms with E-state index < -0.39 is 6.10 Å². The van der Waals surface area contributed by atoms with Crippen molar-refractivity contribution < 1.29 is 14.7 Å². The summed E-state index contributed by atoms with van der Waals surface area (Å²) < 4.78 is 1.43. The molecule has 3 heterocycles. The molecule has 1 aliphatic carbocycles. The van der Waals surface area contributed by atoms with Crippen molar-refractivity contribution in [2.24, 2.45) is 0 Å². The van der Waals surface area contributed by atoms with Crippen molar-refractivity contribution >= 4 is 11.8 Å².